The van der Waals surface area contributed by atoms with E-state index in [9.17, 15) is 4.79 Å². The summed E-state index contributed by atoms with van der Waals surface area (Å²) in [5.74, 6) is 1.46. The number of carbonyl (C=O) groups excluding carboxylic acids is 1. The van der Waals surface area contributed by atoms with Crippen LogP contribution in [0, 0.1) is 6.92 Å². The Labute approximate surface area is 129 Å². The summed E-state index contributed by atoms with van der Waals surface area (Å²) in [7, 11) is 1.60. The lowest BCUT2D eigenvalue weighted by atomic mass is 10.1. The number of aromatic nitrogens is 1. The van der Waals surface area contributed by atoms with Crippen LogP contribution in [-0.4, -0.2) is 29.7 Å². The molecule has 0 aliphatic carbocycles. The van der Waals surface area contributed by atoms with Gasteiger partial charge in [-0.15, -0.1) is 0 Å². The van der Waals surface area contributed by atoms with Crippen molar-refractivity contribution in [3.63, 3.8) is 0 Å². The van der Waals surface area contributed by atoms with E-state index in [2.05, 4.69) is 10.5 Å². The van der Waals surface area contributed by atoms with E-state index < -0.39 is 0 Å². The van der Waals surface area contributed by atoms with Crippen molar-refractivity contribution in [1.82, 2.24) is 10.1 Å². The van der Waals surface area contributed by atoms with Crippen molar-refractivity contribution < 1.29 is 14.1 Å². The van der Waals surface area contributed by atoms with Gasteiger partial charge in [0.25, 0.3) is 0 Å². The molecule has 116 valence electrons. The molecule has 1 atom stereocenters. The first kappa shape index (κ1) is 14.4. The number of likely N-dealkylation sites (tertiary alicyclic amines) is 1. The first-order chi connectivity index (χ1) is 10.7. The predicted octanol–water partition coefficient (Wildman–Crippen LogP) is 3.36. The number of hydrogen-bond donors (Lipinski definition) is 1. The normalized spacial score (nSPS) is 17.5. The number of anilines is 1. The highest BCUT2D eigenvalue weighted by Crippen LogP contribution is 2.32. The first-order valence-corrected chi connectivity index (χ1v) is 7.32. The van der Waals surface area contributed by atoms with Gasteiger partial charge in [0.05, 0.1) is 18.8 Å². The second-order valence-corrected chi connectivity index (χ2v) is 5.38. The third-order valence-corrected chi connectivity index (χ3v) is 3.81. The molecular weight excluding hydrogens is 282 g/mol. The molecule has 6 heteroatoms. The van der Waals surface area contributed by atoms with Gasteiger partial charge in [0.1, 0.15) is 5.75 Å². The lowest BCUT2D eigenvalue weighted by Gasteiger charge is -2.23. The van der Waals surface area contributed by atoms with Gasteiger partial charge in [-0.2, -0.15) is 0 Å². The Kier molecular flexibility index (Phi) is 4.00. The van der Waals surface area contributed by atoms with E-state index in [0.717, 1.165) is 24.3 Å². The maximum Gasteiger partial charge on any atom is 0.322 e. The number of carbonyl (C=O) groups is 1. The van der Waals surface area contributed by atoms with Crippen LogP contribution in [0.2, 0.25) is 0 Å². The molecule has 22 heavy (non-hydrogen) atoms. The van der Waals surface area contributed by atoms with E-state index in [1.807, 2.05) is 31.2 Å². The molecule has 1 fully saturated rings. The van der Waals surface area contributed by atoms with Crippen molar-refractivity contribution >= 4 is 11.7 Å². The second kappa shape index (κ2) is 6.09. The van der Waals surface area contributed by atoms with E-state index in [-0.39, 0.29) is 12.1 Å². The van der Waals surface area contributed by atoms with Crippen LogP contribution in [0.25, 0.3) is 0 Å². The minimum Gasteiger partial charge on any atom is -0.497 e. The second-order valence-electron chi connectivity index (χ2n) is 5.38. The Hall–Kier alpha value is -2.50. The molecule has 1 saturated heterocycles. The monoisotopic (exact) mass is 301 g/mol. The Morgan fingerprint density at radius 2 is 2.32 bits per heavy atom. The SMILES string of the molecule is COc1cccc(NC(=O)N2CCC[C@H]2c2cc(C)no2)c1. The van der Waals surface area contributed by atoms with E-state index in [1.165, 1.54) is 0 Å². The fourth-order valence-corrected chi connectivity index (χ4v) is 2.74. The molecule has 0 unspecified atom stereocenters. The number of methoxy groups -OCH3 is 1. The number of urea groups is 1. The number of benzene rings is 1. The van der Waals surface area contributed by atoms with Crippen molar-refractivity contribution in [1.29, 1.82) is 0 Å². The van der Waals surface area contributed by atoms with Crippen LogP contribution in [0.3, 0.4) is 0 Å². The molecule has 2 aromatic rings. The summed E-state index contributed by atoms with van der Waals surface area (Å²) in [5.41, 5.74) is 1.54. The predicted molar refractivity (Wildman–Crippen MR) is 81.9 cm³/mol. The van der Waals surface area contributed by atoms with E-state index in [1.54, 1.807) is 18.1 Å². The summed E-state index contributed by atoms with van der Waals surface area (Å²) in [6.45, 7) is 2.59. The molecule has 1 N–H and O–H groups in total. The van der Waals surface area contributed by atoms with Crippen LogP contribution < -0.4 is 10.1 Å². The van der Waals surface area contributed by atoms with Crippen LogP contribution >= 0.6 is 0 Å². The molecule has 1 aromatic carbocycles. The smallest absolute Gasteiger partial charge is 0.322 e. The van der Waals surface area contributed by atoms with E-state index in [0.29, 0.717) is 18.0 Å². The van der Waals surface area contributed by atoms with Crippen molar-refractivity contribution in [3.8, 4) is 5.75 Å². The molecule has 0 spiro atoms. The van der Waals surface area contributed by atoms with Crippen molar-refractivity contribution in [2.45, 2.75) is 25.8 Å². The summed E-state index contributed by atoms with van der Waals surface area (Å²) in [6, 6.07) is 9.02. The third-order valence-electron chi connectivity index (χ3n) is 3.81. The van der Waals surface area contributed by atoms with Gasteiger partial charge in [0, 0.05) is 24.4 Å². The summed E-state index contributed by atoms with van der Waals surface area (Å²) in [4.78, 5) is 14.3. The topological polar surface area (TPSA) is 67.6 Å². The molecule has 2 amide bonds. The summed E-state index contributed by atoms with van der Waals surface area (Å²) in [5, 5.41) is 6.82. The van der Waals surface area contributed by atoms with E-state index in [4.69, 9.17) is 9.26 Å². The molecule has 2 heterocycles. The minimum absolute atomic E-state index is 0.0493. The standard InChI is InChI=1S/C16H19N3O3/c1-11-9-15(22-18-11)14-7-4-8-19(14)16(20)17-12-5-3-6-13(10-12)21-2/h3,5-6,9-10,14H,4,7-8H2,1-2H3,(H,17,20)/t14-/m0/s1. The van der Waals surface area contributed by atoms with Crippen LogP contribution in [-0.2, 0) is 0 Å². The number of hydrogen-bond acceptors (Lipinski definition) is 4. The van der Waals surface area contributed by atoms with Crippen LogP contribution in [0.1, 0.15) is 30.3 Å². The number of amides is 2. The minimum atomic E-state index is -0.134. The summed E-state index contributed by atoms with van der Waals surface area (Å²) >= 11 is 0. The molecule has 1 aliphatic heterocycles. The highest BCUT2D eigenvalue weighted by atomic mass is 16.5. The zero-order valence-electron chi connectivity index (χ0n) is 12.7. The molecule has 0 radical (unpaired) electrons. The van der Waals surface area contributed by atoms with Gasteiger partial charge in [-0.3, -0.25) is 0 Å². The molecule has 0 saturated carbocycles. The van der Waals surface area contributed by atoms with Gasteiger partial charge in [0.2, 0.25) is 0 Å². The maximum atomic E-state index is 12.5. The number of rotatable bonds is 3. The number of aryl methyl sites for hydroxylation is 1. The molecule has 3 rings (SSSR count). The molecule has 1 aliphatic rings. The quantitative estimate of drug-likeness (QED) is 0.944. The molecule has 1 aromatic heterocycles. The summed E-state index contributed by atoms with van der Waals surface area (Å²) in [6.07, 6.45) is 1.84. The molecule has 6 nitrogen and oxygen atoms in total. The van der Waals surface area contributed by atoms with Crippen molar-refractivity contribution in [3.05, 3.63) is 41.8 Å². The van der Waals surface area contributed by atoms with Crippen molar-refractivity contribution in [2.24, 2.45) is 0 Å². The van der Waals surface area contributed by atoms with Crippen LogP contribution in [0.5, 0.6) is 5.75 Å². The lowest BCUT2D eigenvalue weighted by molar-refractivity contribution is 0.195. The van der Waals surface area contributed by atoms with Gasteiger partial charge in [-0.05, 0) is 31.9 Å². The Bertz CT molecular complexity index is 668. The van der Waals surface area contributed by atoms with Gasteiger partial charge in [0.15, 0.2) is 5.76 Å². The van der Waals surface area contributed by atoms with Crippen molar-refractivity contribution in [2.75, 3.05) is 19.0 Å². The van der Waals surface area contributed by atoms with Gasteiger partial charge in [-0.1, -0.05) is 11.2 Å². The molecular formula is C16H19N3O3. The van der Waals surface area contributed by atoms with Crippen LogP contribution in [0.15, 0.2) is 34.9 Å². The zero-order chi connectivity index (χ0) is 15.5. The average Bonchev–Trinajstić information content (AvgIpc) is 3.15. The van der Waals surface area contributed by atoms with Crippen LogP contribution in [0.4, 0.5) is 10.5 Å². The largest absolute Gasteiger partial charge is 0.497 e. The fraction of sp³-hybridized carbons (Fsp3) is 0.375. The van der Waals surface area contributed by atoms with E-state index >= 15 is 0 Å². The highest BCUT2D eigenvalue weighted by Gasteiger charge is 2.32. The maximum absolute atomic E-state index is 12.5. The Morgan fingerprint density at radius 1 is 1.45 bits per heavy atom. The number of nitrogens with one attached hydrogen (secondary N) is 1. The number of ether oxygens (including phenoxy) is 1. The first-order valence-electron chi connectivity index (χ1n) is 7.32. The average molecular weight is 301 g/mol. The Morgan fingerprint density at radius 3 is 3.05 bits per heavy atom. The third kappa shape index (κ3) is 2.90. The Balaban J connectivity index is 1.73. The highest BCUT2D eigenvalue weighted by molar-refractivity contribution is 5.90. The molecule has 0 bridgehead atoms. The lowest BCUT2D eigenvalue weighted by Crippen LogP contribution is -2.34. The van der Waals surface area contributed by atoms with Gasteiger partial charge >= 0.3 is 6.03 Å². The summed E-state index contributed by atoms with van der Waals surface area (Å²) < 4.78 is 10.5. The van der Waals surface area contributed by atoms with Gasteiger partial charge < -0.3 is 19.5 Å². The fourth-order valence-electron chi connectivity index (χ4n) is 2.74. The van der Waals surface area contributed by atoms with Gasteiger partial charge in [-0.25, -0.2) is 4.79 Å². The zero-order valence-corrected chi connectivity index (χ0v) is 12.7. The number of nitrogens with zero attached hydrogens (tertiary/aromatic N) is 2.